The monoisotopic (exact) mass is 1050 g/mol. The minimum atomic E-state index is -0.838. The Morgan fingerprint density at radius 2 is 0.553 bits per heavy atom. The topological polar surface area (TPSA) is 78.9 Å². The van der Waals surface area contributed by atoms with Gasteiger partial charge in [-0.3, -0.25) is 14.4 Å². The van der Waals surface area contributed by atoms with Gasteiger partial charge in [0, 0.05) is 12.8 Å². The van der Waals surface area contributed by atoms with E-state index in [9.17, 15) is 14.4 Å². The number of rotatable bonds is 56. The van der Waals surface area contributed by atoms with Crippen molar-refractivity contribution in [1.82, 2.24) is 0 Å². The molecule has 6 nitrogen and oxygen atoms in total. The predicted molar refractivity (Wildman–Crippen MR) is 330 cm³/mol. The molecule has 6 heteroatoms. The molecule has 0 heterocycles. The normalized spacial score (nSPS) is 12.9. The molecule has 0 bridgehead atoms. The number of hydrogen-bond donors (Lipinski definition) is 0. The first-order chi connectivity index (χ1) is 37.5. The number of carbonyl (C=O) groups is 3. The molecule has 0 aliphatic heterocycles. The van der Waals surface area contributed by atoms with Crippen LogP contribution in [0.2, 0.25) is 0 Å². The highest BCUT2D eigenvalue weighted by molar-refractivity contribution is 5.72. The predicted octanol–water partition coefficient (Wildman–Crippen LogP) is 21.6. The molecular formula is C70H116O6. The molecule has 0 aliphatic rings. The van der Waals surface area contributed by atoms with E-state index in [2.05, 4.69) is 130 Å². The van der Waals surface area contributed by atoms with Crippen molar-refractivity contribution in [2.24, 2.45) is 0 Å². The van der Waals surface area contributed by atoms with Crippen LogP contribution in [0.3, 0.4) is 0 Å². The maximum absolute atomic E-state index is 12.8. The number of carbonyl (C=O) groups excluding carboxylic acids is 3. The molecule has 0 saturated carbocycles. The zero-order valence-corrected chi connectivity index (χ0v) is 49.5. The average molecular weight is 1050 g/mol. The van der Waals surface area contributed by atoms with Crippen LogP contribution in [0.4, 0.5) is 0 Å². The molecule has 0 rings (SSSR count). The second-order valence-corrected chi connectivity index (χ2v) is 20.6. The number of esters is 3. The van der Waals surface area contributed by atoms with Gasteiger partial charge in [0.25, 0.3) is 0 Å². The SMILES string of the molecule is CC/C=C\C/C=C\C/C=C\C/C=C\C/C=C\CC(=O)OC(COC(=O)CCCCCCC/C=C\CCCCCCC)COC(=O)CCCCCCCCCCCCCCCCCC/C=C\C/C=C\C/C=C\C/C=C\CC. The third-order valence-corrected chi connectivity index (χ3v) is 13.2. The molecule has 1 atom stereocenters. The molecule has 0 fully saturated rings. The van der Waals surface area contributed by atoms with Gasteiger partial charge in [-0.15, -0.1) is 0 Å². The summed E-state index contributed by atoms with van der Waals surface area (Å²) < 4.78 is 16.8. The molecule has 1 unspecified atom stereocenters. The summed E-state index contributed by atoms with van der Waals surface area (Å²) in [6.07, 6.45) is 88.1. The summed E-state index contributed by atoms with van der Waals surface area (Å²) in [5.74, 6) is -1.06. The minimum Gasteiger partial charge on any atom is -0.462 e. The van der Waals surface area contributed by atoms with Crippen LogP contribution in [0.25, 0.3) is 0 Å². The van der Waals surface area contributed by atoms with E-state index in [1.165, 1.54) is 135 Å². The second kappa shape index (κ2) is 63.3. The Labute approximate surface area is 469 Å². The van der Waals surface area contributed by atoms with E-state index in [1.54, 1.807) is 6.08 Å². The summed E-state index contributed by atoms with van der Waals surface area (Å²) >= 11 is 0. The largest absolute Gasteiger partial charge is 0.462 e. The van der Waals surface area contributed by atoms with Crippen LogP contribution < -0.4 is 0 Å². The van der Waals surface area contributed by atoms with Gasteiger partial charge in [-0.1, -0.05) is 277 Å². The van der Waals surface area contributed by atoms with E-state index >= 15 is 0 Å². The van der Waals surface area contributed by atoms with Crippen molar-refractivity contribution in [1.29, 1.82) is 0 Å². The molecule has 0 spiro atoms. The van der Waals surface area contributed by atoms with Crippen LogP contribution in [-0.4, -0.2) is 37.2 Å². The third kappa shape index (κ3) is 60.7. The zero-order chi connectivity index (χ0) is 55.0. The van der Waals surface area contributed by atoms with E-state index < -0.39 is 12.1 Å². The first kappa shape index (κ1) is 71.8. The van der Waals surface area contributed by atoms with Crippen LogP contribution in [0.15, 0.2) is 122 Å². The Balaban J connectivity index is 4.31. The molecule has 0 radical (unpaired) electrons. The smallest absolute Gasteiger partial charge is 0.310 e. The highest BCUT2D eigenvalue weighted by Gasteiger charge is 2.19. The lowest BCUT2D eigenvalue weighted by molar-refractivity contribution is -0.166. The van der Waals surface area contributed by atoms with Gasteiger partial charge in [0.15, 0.2) is 6.10 Å². The summed E-state index contributed by atoms with van der Waals surface area (Å²) in [5, 5.41) is 0. The number of ether oxygens (including phenoxy) is 3. The fourth-order valence-electron chi connectivity index (χ4n) is 8.56. The van der Waals surface area contributed by atoms with Gasteiger partial charge < -0.3 is 14.2 Å². The number of hydrogen-bond acceptors (Lipinski definition) is 6. The first-order valence-electron chi connectivity index (χ1n) is 31.5. The van der Waals surface area contributed by atoms with Crippen molar-refractivity contribution in [3.8, 4) is 0 Å². The molecule has 0 aromatic rings. The van der Waals surface area contributed by atoms with Crippen LogP contribution >= 0.6 is 0 Å². The maximum atomic E-state index is 12.8. The molecule has 0 aromatic carbocycles. The molecule has 76 heavy (non-hydrogen) atoms. The van der Waals surface area contributed by atoms with Gasteiger partial charge in [-0.05, 0) is 109 Å². The summed E-state index contributed by atoms with van der Waals surface area (Å²) in [4.78, 5) is 38.2. The average Bonchev–Trinajstić information content (AvgIpc) is 3.42. The highest BCUT2D eigenvalue weighted by Crippen LogP contribution is 2.16. The van der Waals surface area contributed by atoms with Crippen LogP contribution in [0, 0.1) is 0 Å². The molecule has 0 aromatic heterocycles. The fourth-order valence-corrected chi connectivity index (χ4v) is 8.56. The van der Waals surface area contributed by atoms with Gasteiger partial charge >= 0.3 is 17.9 Å². The minimum absolute atomic E-state index is 0.0933. The van der Waals surface area contributed by atoms with Crippen LogP contribution in [0.5, 0.6) is 0 Å². The quantitative estimate of drug-likeness (QED) is 0.0261. The van der Waals surface area contributed by atoms with E-state index in [-0.39, 0.29) is 31.6 Å². The molecule has 0 saturated heterocycles. The molecular weight excluding hydrogens is 937 g/mol. The lowest BCUT2D eigenvalue weighted by Gasteiger charge is -2.18. The molecule has 0 N–H and O–H groups in total. The Bertz CT molecular complexity index is 1590. The first-order valence-corrected chi connectivity index (χ1v) is 31.5. The maximum Gasteiger partial charge on any atom is 0.310 e. The molecule has 0 aliphatic carbocycles. The van der Waals surface area contributed by atoms with Gasteiger partial charge in [0.2, 0.25) is 0 Å². The van der Waals surface area contributed by atoms with Gasteiger partial charge in [-0.2, -0.15) is 0 Å². The Morgan fingerprint density at radius 1 is 0.289 bits per heavy atom. The van der Waals surface area contributed by atoms with E-state index in [0.717, 1.165) is 109 Å². The summed E-state index contributed by atoms with van der Waals surface area (Å²) in [7, 11) is 0. The van der Waals surface area contributed by atoms with Gasteiger partial charge in [0.05, 0.1) is 6.42 Å². The van der Waals surface area contributed by atoms with E-state index in [4.69, 9.17) is 14.2 Å². The zero-order valence-electron chi connectivity index (χ0n) is 49.5. The van der Waals surface area contributed by atoms with Crippen LogP contribution in [-0.2, 0) is 28.6 Å². The van der Waals surface area contributed by atoms with E-state index in [1.807, 2.05) is 6.08 Å². The van der Waals surface area contributed by atoms with Crippen LogP contribution in [0.1, 0.15) is 284 Å². The fraction of sp³-hybridized carbons (Fsp3) is 0.671. The Hall–Kier alpha value is -4.19. The standard InChI is InChI=1S/C70H116O6/c1-4-7-10-13-16-19-22-25-28-29-30-31-32-33-34-35-36-37-38-39-40-41-43-45-48-51-54-57-60-63-69(72)75-66-67(65-74-68(71)62-59-56-53-50-47-44-27-24-21-18-15-12-9-6-3)76-70(73)64-61-58-55-52-49-46-42-26-23-20-17-14-11-8-5-2/h7-8,10-11,16-17,19-20,24-28,30-31,42,49,52,58,61,67H,4-6,9,12-15,18,21-23,29,32-41,43-48,50-51,53-57,59-60,62-66H2,1-3H3/b10-7-,11-8-,19-16-,20-17-,27-24-,28-25-,31-30-,42-26-,52-49-,61-58-. The number of allylic oxidation sites excluding steroid dienone is 19. The van der Waals surface area contributed by atoms with Crippen molar-refractivity contribution in [2.75, 3.05) is 13.2 Å². The lowest BCUT2D eigenvalue weighted by Crippen LogP contribution is -2.30. The highest BCUT2D eigenvalue weighted by atomic mass is 16.6. The Kier molecular flexibility index (Phi) is 59.9. The summed E-state index contributed by atoms with van der Waals surface area (Å²) in [5.41, 5.74) is 0. The van der Waals surface area contributed by atoms with Gasteiger partial charge in [0.1, 0.15) is 13.2 Å². The van der Waals surface area contributed by atoms with Gasteiger partial charge in [-0.25, -0.2) is 0 Å². The van der Waals surface area contributed by atoms with Crippen molar-refractivity contribution < 1.29 is 28.6 Å². The Morgan fingerprint density at radius 3 is 0.882 bits per heavy atom. The molecule has 432 valence electrons. The molecule has 0 amide bonds. The van der Waals surface area contributed by atoms with Crippen molar-refractivity contribution in [3.05, 3.63) is 122 Å². The second-order valence-electron chi connectivity index (χ2n) is 20.6. The summed E-state index contributed by atoms with van der Waals surface area (Å²) in [6, 6.07) is 0. The van der Waals surface area contributed by atoms with Crippen molar-refractivity contribution >= 4 is 17.9 Å². The van der Waals surface area contributed by atoms with Crippen molar-refractivity contribution in [2.45, 2.75) is 290 Å². The lowest BCUT2D eigenvalue weighted by atomic mass is 10.0. The summed E-state index contributed by atoms with van der Waals surface area (Å²) in [6.45, 7) is 6.32. The third-order valence-electron chi connectivity index (χ3n) is 13.2. The van der Waals surface area contributed by atoms with Crippen molar-refractivity contribution in [3.63, 3.8) is 0 Å². The van der Waals surface area contributed by atoms with E-state index in [0.29, 0.717) is 12.8 Å². The number of unbranched alkanes of at least 4 members (excludes halogenated alkanes) is 26.